The lowest BCUT2D eigenvalue weighted by Crippen LogP contribution is -2.46. The van der Waals surface area contributed by atoms with Crippen LogP contribution < -0.4 is 10.6 Å². The summed E-state index contributed by atoms with van der Waals surface area (Å²) in [6, 6.07) is 0.626. The summed E-state index contributed by atoms with van der Waals surface area (Å²) in [5, 5.41) is 7.06. The zero-order chi connectivity index (χ0) is 6.69. The molecule has 0 spiro atoms. The minimum absolute atomic E-state index is 0.538. The third-order valence-electron chi connectivity index (χ3n) is 1.74. The summed E-state index contributed by atoms with van der Waals surface area (Å²) in [4.78, 5) is 0. The van der Waals surface area contributed by atoms with Crippen LogP contribution in [0.1, 0.15) is 6.42 Å². The molecular formula is C6H14N2S. The van der Waals surface area contributed by atoms with Gasteiger partial charge in [-0.3, -0.25) is 0 Å². The van der Waals surface area contributed by atoms with Crippen molar-refractivity contribution in [3.63, 3.8) is 0 Å². The van der Waals surface area contributed by atoms with E-state index in [9.17, 15) is 0 Å². The molecule has 1 saturated heterocycles. The smallest absolute Gasteiger partial charge is 0.0200 e. The summed E-state index contributed by atoms with van der Waals surface area (Å²) >= 11 is 4.37. The van der Waals surface area contributed by atoms with Gasteiger partial charge in [-0.15, -0.1) is 0 Å². The number of likely N-dealkylation sites (N-methyl/N-ethyl adjacent to an activating group) is 1. The Labute approximate surface area is 61.8 Å². The molecule has 2 nitrogen and oxygen atoms in total. The summed E-state index contributed by atoms with van der Waals surface area (Å²) in [5.41, 5.74) is 0. The van der Waals surface area contributed by atoms with Gasteiger partial charge in [-0.2, -0.15) is 12.6 Å². The minimum atomic E-state index is 0.538. The molecule has 9 heavy (non-hydrogen) atoms. The van der Waals surface area contributed by atoms with Gasteiger partial charge in [-0.25, -0.2) is 0 Å². The molecule has 54 valence electrons. The molecular weight excluding hydrogens is 132 g/mol. The Morgan fingerprint density at radius 1 is 1.56 bits per heavy atom. The molecule has 2 unspecified atom stereocenters. The third kappa shape index (κ3) is 2.16. The van der Waals surface area contributed by atoms with Gasteiger partial charge in [0.05, 0.1) is 0 Å². The number of nitrogens with one attached hydrogen (secondary N) is 2. The van der Waals surface area contributed by atoms with Crippen LogP contribution in [0.3, 0.4) is 0 Å². The fourth-order valence-electron chi connectivity index (χ4n) is 1.14. The van der Waals surface area contributed by atoms with E-state index in [4.69, 9.17) is 0 Å². The number of thiol groups is 1. The zero-order valence-electron chi connectivity index (χ0n) is 5.72. The molecule has 2 atom stereocenters. The molecule has 0 aromatic carbocycles. The second-order valence-corrected chi connectivity index (χ2v) is 3.26. The first-order chi connectivity index (χ1) is 4.33. The summed E-state index contributed by atoms with van der Waals surface area (Å²) in [7, 11) is 2.00. The van der Waals surface area contributed by atoms with Gasteiger partial charge in [0.1, 0.15) is 0 Å². The average molecular weight is 146 g/mol. The van der Waals surface area contributed by atoms with Gasteiger partial charge in [0.25, 0.3) is 0 Å². The molecule has 1 aliphatic rings. The van der Waals surface area contributed by atoms with Gasteiger partial charge in [-0.05, 0) is 13.5 Å². The van der Waals surface area contributed by atoms with Crippen molar-refractivity contribution in [3.8, 4) is 0 Å². The quantitative estimate of drug-likeness (QED) is 0.449. The van der Waals surface area contributed by atoms with Crippen LogP contribution in [0, 0.1) is 0 Å². The maximum Gasteiger partial charge on any atom is 0.0200 e. The first-order valence-corrected chi connectivity index (χ1v) is 3.90. The standard InChI is InChI=1S/C6H14N2S/c1-7-5-2-6(9)4-8-3-5/h5-9H,2-4H2,1H3. The van der Waals surface area contributed by atoms with Crippen molar-refractivity contribution in [2.45, 2.75) is 17.7 Å². The van der Waals surface area contributed by atoms with E-state index in [0.29, 0.717) is 11.3 Å². The largest absolute Gasteiger partial charge is 0.316 e. The van der Waals surface area contributed by atoms with Gasteiger partial charge in [0, 0.05) is 24.4 Å². The highest BCUT2D eigenvalue weighted by atomic mass is 32.1. The monoisotopic (exact) mass is 146 g/mol. The molecule has 0 aromatic rings. The predicted molar refractivity (Wildman–Crippen MR) is 43.1 cm³/mol. The Morgan fingerprint density at radius 3 is 2.78 bits per heavy atom. The van der Waals surface area contributed by atoms with Gasteiger partial charge < -0.3 is 10.6 Å². The molecule has 0 aliphatic carbocycles. The Hall–Kier alpha value is 0.270. The Bertz CT molecular complexity index is 87.1. The fraction of sp³-hybridized carbons (Fsp3) is 1.00. The van der Waals surface area contributed by atoms with Crippen molar-refractivity contribution in [2.75, 3.05) is 20.1 Å². The van der Waals surface area contributed by atoms with Gasteiger partial charge in [0.2, 0.25) is 0 Å². The highest BCUT2D eigenvalue weighted by Gasteiger charge is 2.16. The van der Waals surface area contributed by atoms with Crippen molar-refractivity contribution >= 4 is 12.6 Å². The molecule has 1 rings (SSSR count). The first kappa shape index (κ1) is 7.38. The van der Waals surface area contributed by atoms with Crippen LogP contribution in [0.15, 0.2) is 0 Å². The van der Waals surface area contributed by atoms with Crippen LogP contribution in [-0.4, -0.2) is 31.4 Å². The number of hydrogen-bond donors (Lipinski definition) is 3. The normalized spacial score (nSPS) is 36.7. The maximum atomic E-state index is 4.37. The number of piperidine rings is 1. The van der Waals surface area contributed by atoms with E-state index in [0.717, 1.165) is 13.1 Å². The van der Waals surface area contributed by atoms with Crippen molar-refractivity contribution in [3.05, 3.63) is 0 Å². The topological polar surface area (TPSA) is 24.1 Å². The maximum absolute atomic E-state index is 4.37. The van der Waals surface area contributed by atoms with Gasteiger partial charge >= 0.3 is 0 Å². The van der Waals surface area contributed by atoms with Crippen molar-refractivity contribution < 1.29 is 0 Å². The summed E-state index contributed by atoms with van der Waals surface area (Å²) < 4.78 is 0. The lowest BCUT2D eigenvalue weighted by atomic mass is 10.1. The van der Waals surface area contributed by atoms with E-state index in [1.165, 1.54) is 6.42 Å². The van der Waals surface area contributed by atoms with Crippen molar-refractivity contribution in [1.82, 2.24) is 10.6 Å². The average Bonchev–Trinajstić information content (AvgIpc) is 1.88. The Balaban J connectivity index is 2.23. The van der Waals surface area contributed by atoms with Crippen molar-refractivity contribution in [1.29, 1.82) is 0 Å². The van der Waals surface area contributed by atoms with E-state index in [1.807, 2.05) is 7.05 Å². The lowest BCUT2D eigenvalue weighted by molar-refractivity contribution is 0.421. The molecule has 0 saturated carbocycles. The van der Waals surface area contributed by atoms with Gasteiger partial charge in [0.15, 0.2) is 0 Å². The summed E-state index contributed by atoms with van der Waals surface area (Å²) in [6.45, 7) is 2.15. The van der Waals surface area contributed by atoms with E-state index in [2.05, 4.69) is 23.3 Å². The van der Waals surface area contributed by atoms with Crippen LogP contribution in [-0.2, 0) is 0 Å². The molecule has 0 amide bonds. The lowest BCUT2D eigenvalue weighted by Gasteiger charge is -2.26. The van der Waals surface area contributed by atoms with Crippen LogP contribution in [0.4, 0.5) is 0 Å². The molecule has 0 radical (unpaired) electrons. The van der Waals surface area contributed by atoms with Crippen LogP contribution in [0.2, 0.25) is 0 Å². The molecule has 0 bridgehead atoms. The molecule has 2 N–H and O–H groups in total. The van der Waals surface area contributed by atoms with Gasteiger partial charge in [-0.1, -0.05) is 0 Å². The highest BCUT2D eigenvalue weighted by Crippen LogP contribution is 2.07. The Kier molecular flexibility index (Phi) is 2.82. The van der Waals surface area contributed by atoms with Crippen LogP contribution in [0.5, 0.6) is 0 Å². The minimum Gasteiger partial charge on any atom is -0.316 e. The van der Waals surface area contributed by atoms with E-state index >= 15 is 0 Å². The third-order valence-corrected chi connectivity index (χ3v) is 2.13. The zero-order valence-corrected chi connectivity index (χ0v) is 6.62. The van der Waals surface area contributed by atoms with Crippen LogP contribution in [0.25, 0.3) is 0 Å². The van der Waals surface area contributed by atoms with Crippen LogP contribution >= 0.6 is 12.6 Å². The first-order valence-electron chi connectivity index (χ1n) is 3.39. The predicted octanol–water partition coefficient (Wildman–Crippen LogP) is -0.134. The summed E-state index contributed by atoms with van der Waals surface area (Å²) in [5.74, 6) is 0. The van der Waals surface area contributed by atoms with E-state index in [-0.39, 0.29) is 0 Å². The Morgan fingerprint density at radius 2 is 2.33 bits per heavy atom. The second-order valence-electron chi connectivity index (χ2n) is 2.53. The number of rotatable bonds is 1. The van der Waals surface area contributed by atoms with E-state index in [1.54, 1.807) is 0 Å². The second kappa shape index (κ2) is 3.44. The molecule has 1 heterocycles. The van der Waals surface area contributed by atoms with Crippen molar-refractivity contribution in [2.24, 2.45) is 0 Å². The fourth-order valence-corrected chi connectivity index (χ4v) is 1.52. The molecule has 0 aromatic heterocycles. The molecule has 3 heteroatoms. The SMILES string of the molecule is CNC1CNCC(S)C1. The molecule has 1 fully saturated rings. The highest BCUT2D eigenvalue weighted by molar-refractivity contribution is 7.81. The number of hydrogen-bond acceptors (Lipinski definition) is 3. The summed E-state index contributed by atoms with van der Waals surface area (Å²) in [6.07, 6.45) is 1.19. The van der Waals surface area contributed by atoms with E-state index < -0.39 is 0 Å². The molecule has 1 aliphatic heterocycles.